The fourth-order valence-electron chi connectivity index (χ4n) is 4.45. The van der Waals surface area contributed by atoms with Gasteiger partial charge < -0.3 is 19.3 Å². The number of likely N-dealkylation sites (tertiary alicyclic amines) is 1. The Morgan fingerprint density at radius 1 is 1.19 bits per heavy atom. The number of fused-ring (bicyclic) bond motifs is 1. The number of hydrogen-bond donors (Lipinski definition) is 1. The number of nitrogens with one attached hydrogen (secondary N) is 1. The van der Waals surface area contributed by atoms with Crippen LogP contribution in [0.4, 0.5) is 10.5 Å². The normalized spacial score (nSPS) is 22.5. The van der Waals surface area contributed by atoms with Crippen molar-refractivity contribution < 1.29 is 23.9 Å². The molecule has 2 fully saturated rings. The lowest BCUT2D eigenvalue weighted by Crippen LogP contribution is -2.54. The number of imide groups is 1. The average Bonchev–Trinajstić information content (AvgIpc) is 2.72. The Balaban J connectivity index is 1.49. The molecule has 2 saturated heterocycles. The van der Waals surface area contributed by atoms with Crippen LogP contribution in [-0.2, 0) is 14.3 Å². The summed E-state index contributed by atoms with van der Waals surface area (Å²) < 4.78 is 11.5. The average molecular weight is 431 g/mol. The maximum absolute atomic E-state index is 12.4. The lowest BCUT2D eigenvalue weighted by Gasteiger charge is -2.39. The number of carbonyl (C=O) groups excluding carboxylic acids is 3. The molecule has 9 heteroatoms. The summed E-state index contributed by atoms with van der Waals surface area (Å²) in [5, 5.41) is 2.44. The van der Waals surface area contributed by atoms with Gasteiger partial charge in [-0.3, -0.25) is 19.9 Å². The van der Waals surface area contributed by atoms with E-state index in [0.29, 0.717) is 44.8 Å². The van der Waals surface area contributed by atoms with Crippen molar-refractivity contribution in [2.24, 2.45) is 0 Å². The number of carbonyl (C=O) groups is 3. The fourth-order valence-corrected chi connectivity index (χ4v) is 4.45. The first-order valence-corrected chi connectivity index (χ1v) is 10.9. The molecule has 31 heavy (non-hydrogen) atoms. The van der Waals surface area contributed by atoms with Crippen molar-refractivity contribution in [2.75, 3.05) is 31.1 Å². The van der Waals surface area contributed by atoms with Crippen LogP contribution in [0.1, 0.15) is 58.1 Å². The van der Waals surface area contributed by atoms with E-state index in [9.17, 15) is 14.4 Å². The quantitative estimate of drug-likeness (QED) is 0.718. The first-order chi connectivity index (χ1) is 14.7. The summed E-state index contributed by atoms with van der Waals surface area (Å²) >= 11 is 0. The molecule has 9 nitrogen and oxygen atoms in total. The molecule has 0 bridgehead atoms. The van der Waals surface area contributed by atoms with Crippen LogP contribution in [0.25, 0.3) is 0 Å². The van der Waals surface area contributed by atoms with Gasteiger partial charge in [0.1, 0.15) is 18.2 Å². The minimum absolute atomic E-state index is 0.162. The van der Waals surface area contributed by atoms with Gasteiger partial charge in [-0.15, -0.1) is 0 Å². The van der Waals surface area contributed by atoms with Gasteiger partial charge in [-0.2, -0.15) is 0 Å². The summed E-state index contributed by atoms with van der Waals surface area (Å²) in [7, 11) is 0. The molecule has 0 aromatic carbocycles. The molecule has 0 saturated carbocycles. The molecule has 3 aliphatic rings. The zero-order chi connectivity index (χ0) is 22.2. The molecule has 3 aliphatic heterocycles. The van der Waals surface area contributed by atoms with E-state index in [2.05, 4.69) is 10.3 Å². The van der Waals surface area contributed by atoms with Gasteiger partial charge in [0.25, 0.3) is 0 Å². The highest BCUT2D eigenvalue weighted by Gasteiger charge is 2.37. The summed E-state index contributed by atoms with van der Waals surface area (Å²) in [6, 6.07) is 1.49. The topological polar surface area (TPSA) is 101 Å². The minimum Gasteiger partial charge on any atom is -0.488 e. The molecule has 3 amide bonds. The van der Waals surface area contributed by atoms with E-state index in [-0.39, 0.29) is 29.9 Å². The summed E-state index contributed by atoms with van der Waals surface area (Å²) in [5.74, 6) is 0.402. The Labute approximate surface area is 182 Å². The minimum atomic E-state index is -0.513. The highest BCUT2D eigenvalue weighted by atomic mass is 16.6. The SMILES string of the molecule is CC(C)(C)OC(=O)N1CCC(c2nccc3c2OCCN3C2CCC(=O)NC2=O)CC1. The molecule has 1 atom stereocenters. The molecule has 1 N–H and O–H groups in total. The van der Waals surface area contributed by atoms with Crippen molar-refractivity contribution >= 4 is 23.6 Å². The third-order valence-electron chi connectivity index (χ3n) is 5.92. The summed E-state index contributed by atoms with van der Waals surface area (Å²) in [6.07, 6.45) is 3.84. The van der Waals surface area contributed by atoms with E-state index in [1.807, 2.05) is 31.7 Å². The summed E-state index contributed by atoms with van der Waals surface area (Å²) in [5.41, 5.74) is 1.21. The molecule has 0 aliphatic carbocycles. The Hall–Kier alpha value is -2.84. The number of pyridine rings is 1. The van der Waals surface area contributed by atoms with Gasteiger partial charge in [-0.1, -0.05) is 0 Å². The van der Waals surface area contributed by atoms with Gasteiger partial charge in [-0.05, 0) is 46.1 Å². The first-order valence-electron chi connectivity index (χ1n) is 10.9. The number of hydrogen-bond acceptors (Lipinski definition) is 7. The van der Waals surface area contributed by atoms with Crippen LogP contribution in [0, 0.1) is 0 Å². The van der Waals surface area contributed by atoms with Crippen LogP contribution < -0.4 is 15.0 Å². The van der Waals surface area contributed by atoms with Crippen LogP contribution in [-0.4, -0.2) is 65.7 Å². The van der Waals surface area contributed by atoms with Gasteiger partial charge in [-0.25, -0.2) is 4.79 Å². The van der Waals surface area contributed by atoms with E-state index in [4.69, 9.17) is 9.47 Å². The Bertz CT molecular complexity index is 873. The third kappa shape index (κ3) is 4.60. The van der Waals surface area contributed by atoms with E-state index in [1.54, 1.807) is 11.1 Å². The van der Waals surface area contributed by atoms with E-state index in [0.717, 1.165) is 24.2 Å². The zero-order valence-electron chi connectivity index (χ0n) is 18.3. The molecule has 4 rings (SSSR count). The third-order valence-corrected chi connectivity index (χ3v) is 5.92. The number of piperidine rings is 2. The molecule has 168 valence electrons. The first kappa shape index (κ1) is 21.4. The second-order valence-corrected chi connectivity index (χ2v) is 9.29. The molecular weight excluding hydrogens is 400 g/mol. The lowest BCUT2D eigenvalue weighted by molar-refractivity contribution is -0.134. The monoisotopic (exact) mass is 430 g/mol. The fraction of sp³-hybridized carbons (Fsp3) is 0.636. The van der Waals surface area contributed by atoms with Crippen LogP contribution in [0.5, 0.6) is 5.75 Å². The Kier molecular flexibility index (Phi) is 5.77. The van der Waals surface area contributed by atoms with Crippen molar-refractivity contribution in [1.29, 1.82) is 0 Å². The van der Waals surface area contributed by atoms with Crippen molar-refractivity contribution in [1.82, 2.24) is 15.2 Å². The van der Waals surface area contributed by atoms with Crippen LogP contribution >= 0.6 is 0 Å². The number of nitrogens with zero attached hydrogens (tertiary/aromatic N) is 3. The maximum Gasteiger partial charge on any atom is 0.410 e. The van der Waals surface area contributed by atoms with Crippen molar-refractivity contribution in [3.8, 4) is 5.75 Å². The predicted octanol–water partition coefficient (Wildman–Crippen LogP) is 2.20. The zero-order valence-corrected chi connectivity index (χ0v) is 18.3. The number of ether oxygens (including phenoxy) is 2. The molecule has 1 aromatic heterocycles. The number of aromatic nitrogens is 1. The van der Waals surface area contributed by atoms with Crippen LogP contribution in [0.15, 0.2) is 12.3 Å². The second-order valence-electron chi connectivity index (χ2n) is 9.29. The van der Waals surface area contributed by atoms with Crippen molar-refractivity contribution in [3.05, 3.63) is 18.0 Å². The highest BCUT2D eigenvalue weighted by molar-refractivity contribution is 6.01. The summed E-state index contributed by atoms with van der Waals surface area (Å²) in [6.45, 7) is 7.83. The Morgan fingerprint density at radius 2 is 1.94 bits per heavy atom. The van der Waals surface area contributed by atoms with E-state index >= 15 is 0 Å². The number of anilines is 1. The van der Waals surface area contributed by atoms with Crippen molar-refractivity contribution in [2.45, 2.75) is 64.0 Å². The molecule has 0 spiro atoms. The van der Waals surface area contributed by atoms with Gasteiger partial charge >= 0.3 is 6.09 Å². The van der Waals surface area contributed by atoms with Crippen LogP contribution in [0.2, 0.25) is 0 Å². The lowest BCUT2D eigenvalue weighted by atomic mass is 9.91. The van der Waals surface area contributed by atoms with Gasteiger partial charge in [0.05, 0.1) is 17.9 Å². The molecule has 1 unspecified atom stereocenters. The predicted molar refractivity (Wildman–Crippen MR) is 113 cm³/mol. The van der Waals surface area contributed by atoms with E-state index < -0.39 is 5.60 Å². The summed E-state index contributed by atoms with van der Waals surface area (Å²) in [4.78, 5) is 44.7. The second kappa shape index (κ2) is 8.36. The molecule has 4 heterocycles. The number of rotatable bonds is 2. The molecule has 0 radical (unpaired) electrons. The molecular formula is C22H30N4O5. The van der Waals surface area contributed by atoms with Gasteiger partial charge in [0, 0.05) is 31.6 Å². The largest absolute Gasteiger partial charge is 0.488 e. The van der Waals surface area contributed by atoms with E-state index in [1.165, 1.54) is 0 Å². The van der Waals surface area contributed by atoms with Gasteiger partial charge in [0.15, 0.2) is 5.75 Å². The highest BCUT2D eigenvalue weighted by Crippen LogP contribution is 2.41. The van der Waals surface area contributed by atoms with Gasteiger partial charge in [0.2, 0.25) is 11.8 Å². The van der Waals surface area contributed by atoms with Crippen LogP contribution in [0.3, 0.4) is 0 Å². The maximum atomic E-state index is 12.4. The smallest absolute Gasteiger partial charge is 0.410 e. The van der Waals surface area contributed by atoms with Crippen molar-refractivity contribution in [3.63, 3.8) is 0 Å². The standard InChI is InChI=1S/C22H30N4O5/c1-22(2,3)31-21(29)25-10-7-14(8-11-25)18-19-15(6-9-23-18)26(12-13-30-19)16-4-5-17(27)24-20(16)28/h6,9,14,16H,4-5,7-8,10-13H2,1-3H3,(H,24,27,28). The molecule has 1 aromatic rings. The number of amides is 3. The Morgan fingerprint density at radius 3 is 2.61 bits per heavy atom.